The van der Waals surface area contributed by atoms with Crippen molar-refractivity contribution >= 4 is 10.0 Å². The fourth-order valence-corrected chi connectivity index (χ4v) is 2.60. The van der Waals surface area contributed by atoms with Crippen molar-refractivity contribution in [2.24, 2.45) is 5.14 Å². The van der Waals surface area contributed by atoms with E-state index in [1.807, 2.05) is 6.92 Å². The third-order valence-electron chi connectivity index (χ3n) is 2.84. The first-order valence-corrected chi connectivity index (χ1v) is 7.60. The number of sulfonamides is 1. The number of aryl methyl sites for hydroxylation is 2. The Balaban J connectivity index is 2.97. The van der Waals surface area contributed by atoms with Crippen molar-refractivity contribution in [1.29, 1.82) is 0 Å². The van der Waals surface area contributed by atoms with Gasteiger partial charge < -0.3 is 9.47 Å². The summed E-state index contributed by atoms with van der Waals surface area (Å²) in [6.45, 7) is 6.06. The van der Waals surface area contributed by atoms with Gasteiger partial charge in [-0.1, -0.05) is 0 Å². The van der Waals surface area contributed by atoms with Crippen LogP contribution in [0.3, 0.4) is 0 Å². The predicted molar refractivity (Wildman–Crippen MR) is 73.9 cm³/mol. The van der Waals surface area contributed by atoms with E-state index in [0.29, 0.717) is 17.9 Å². The van der Waals surface area contributed by atoms with Crippen LogP contribution in [0.25, 0.3) is 0 Å². The Morgan fingerprint density at radius 1 is 1.26 bits per heavy atom. The molecule has 0 saturated carbocycles. The van der Waals surface area contributed by atoms with Gasteiger partial charge in [0.1, 0.15) is 5.75 Å². The van der Waals surface area contributed by atoms with Gasteiger partial charge in [-0.25, -0.2) is 13.6 Å². The van der Waals surface area contributed by atoms with Crippen LogP contribution >= 0.6 is 0 Å². The molecule has 0 aliphatic heterocycles. The van der Waals surface area contributed by atoms with Crippen LogP contribution in [0, 0.1) is 13.8 Å². The van der Waals surface area contributed by atoms with Crippen molar-refractivity contribution in [2.45, 2.75) is 38.2 Å². The number of benzene rings is 1. The van der Waals surface area contributed by atoms with Crippen LogP contribution in [0.5, 0.6) is 5.75 Å². The molecule has 2 N–H and O–H groups in total. The van der Waals surface area contributed by atoms with Gasteiger partial charge in [-0.15, -0.1) is 0 Å². The number of nitrogens with two attached hydrogens (primary N) is 1. The summed E-state index contributed by atoms with van der Waals surface area (Å²) < 4.78 is 33.6. The monoisotopic (exact) mass is 287 g/mol. The van der Waals surface area contributed by atoms with E-state index < -0.39 is 10.0 Å². The van der Waals surface area contributed by atoms with E-state index >= 15 is 0 Å². The fraction of sp³-hybridized carbons (Fsp3) is 0.538. The summed E-state index contributed by atoms with van der Waals surface area (Å²) in [5, 5.41) is 5.16. The Kier molecular flexibility index (Phi) is 5.34. The zero-order chi connectivity index (χ0) is 14.6. The maximum atomic E-state index is 11.4. The lowest BCUT2D eigenvalue weighted by atomic mass is 10.1. The van der Waals surface area contributed by atoms with E-state index in [1.54, 1.807) is 33.1 Å². The van der Waals surface area contributed by atoms with E-state index in [4.69, 9.17) is 14.6 Å². The fourth-order valence-electron chi connectivity index (χ4n) is 1.76. The van der Waals surface area contributed by atoms with Crippen molar-refractivity contribution in [1.82, 2.24) is 0 Å². The highest BCUT2D eigenvalue weighted by atomic mass is 32.2. The summed E-state index contributed by atoms with van der Waals surface area (Å²) in [6, 6.07) is 3.25. The number of hydrogen-bond donors (Lipinski definition) is 1. The highest BCUT2D eigenvalue weighted by Crippen LogP contribution is 2.26. The number of ether oxygens (including phenoxy) is 2. The van der Waals surface area contributed by atoms with Crippen molar-refractivity contribution < 1.29 is 17.9 Å². The molecular formula is C13H21NO4S. The Hall–Kier alpha value is -1.11. The molecule has 108 valence electrons. The minimum absolute atomic E-state index is 0.00150. The van der Waals surface area contributed by atoms with Crippen LogP contribution in [0.4, 0.5) is 0 Å². The molecule has 5 nitrogen and oxygen atoms in total. The molecule has 0 radical (unpaired) electrons. The molecule has 0 fully saturated rings. The summed E-state index contributed by atoms with van der Waals surface area (Å²) in [4.78, 5) is 0.141. The van der Waals surface area contributed by atoms with Gasteiger partial charge in [0.05, 0.1) is 11.0 Å². The standard InChI is InChI=1S/C13H21NO4S/c1-9-8-13(19(14,15)16)10(2)7-12(9)18-11(3)5-6-17-4/h7-8,11H,5-6H2,1-4H3,(H2,14,15,16). The van der Waals surface area contributed by atoms with Crippen LogP contribution in [-0.2, 0) is 14.8 Å². The molecule has 6 heteroatoms. The molecule has 1 aromatic carbocycles. The Bertz CT molecular complexity index is 540. The number of rotatable bonds is 6. The molecule has 1 atom stereocenters. The third-order valence-corrected chi connectivity index (χ3v) is 3.89. The first kappa shape index (κ1) is 15.9. The van der Waals surface area contributed by atoms with Crippen LogP contribution < -0.4 is 9.88 Å². The summed E-state index contributed by atoms with van der Waals surface area (Å²) >= 11 is 0. The maximum Gasteiger partial charge on any atom is 0.238 e. The summed E-state index contributed by atoms with van der Waals surface area (Å²) in [6.07, 6.45) is 0.768. The van der Waals surface area contributed by atoms with Crippen LogP contribution in [0.2, 0.25) is 0 Å². The summed E-state index contributed by atoms with van der Waals surface area (Å²) in [5.74, 6) is 0.675. The summed E-state index contributed by atoms with van der Waals surface area (Å²) in [7, 11) is -2.05. The molecule has 0 saturated heterocycles. The van der Waals surface area contributed by atoms with Gasteiger partial charge in [-0.3, -0.25) is 0 Å². The van der Waals surface area contributed by atoms with Crippen molar-refractivity contribution in [3.8, 4) is 5.75 Å². The zero-order valence-corrected chi connectivity index (χ0v) is 12.6. The molecule has 1 unspecified atom stereocenters. The second-order valence-corrected chi connectivity index (χ2v) is 6.17. The van der Waals surface area contributed by atoms with E-state index in [2.05, 4.69) is 0 Å². The minimum Gasteiger partial charge on any atom is -0.490 e. The number of methoxy groups -OCH3 is 1. The summed E-state index contributed by atoms with van der Waals surface area (Å²) in [5.41, 5.74) is 1.33. The van der Waals surface area contributed by atoms with E-state index in [0.717, 1.165) is 12.0 Å². The van der Waals surface area contributed by atoms with Gasteiger partial charge in [0.2, 0.25) is 10.0 Å². The highest BCUT2D eigenvalue weighted by molar-refractivity contribution is 7.89. The van der Waals surface area contributed by atoms with Gasteiger partial charge in [-0.05, 0) is 44.0 Å². The second kappa shape index (κ2) is 6.36. The Morgan fingerprint density at radius 3 is 2.42 bits per heavy atom. The molecule has 0 heterocycles. The molecule has 1 rings (SSSR count). The maximum absolute atomic E-state index is 11.4. The average Bonchev–Trinajstić information content (AvgIpc) is 2.29. The smallest absolute Gasteiger partial charge is 0.238 e. The largest absolute Gasteiger partial charge is 0.490 e. The third kappa shape index (κ3) is 4.49. The lowest BCUT2D eigenvalue weighted by molar-refractivity contribution is 0.134. The topological polar surface area (TPSA) is 78.6 Å². The Morgan fingerprint density at radius 2 is 1.89 bits per heavy atom. The van der Waals surface area contributed by atoms with Crippen molar-refractivity contribution in [3.63, 3.8) is 0 Å². The van der Waals surface area contributed by atoms with E-state index in [-0.39, 0.29) is 11.0 Å². The van der Waals surface area contributed by atoms with Crippen LogP contribution in [0.1, 0.15) is 24.5 Å². The van der Waals surface area contributed by atoms with E-state index in [1.165, 1.54) is 0 Å². The van der Waals surface area contributed by atoms with Gasteiger partial charge in [0, 0.05) is 20.1 Å². The molecule has 0 aliphatic carbocycles. The molecule has 0 aromatic heterocycles. The van der Waals surface area contributed by atoms with Crippen LogP contribution in [-0.4, -0.2) is 28.2 Å². The predicted octanol–water partition coefficient (Wildman–Crippen LogP) is 1.75. The molecule has 0 bridgehead atoms. The molecule has 0 spiro atoms. The average molecular weight is 287 g/mol. The first-order chi connectivity index (χ1) is 8.75. The van der Waals surface area contributed by atoms with Crippen molar-refractivity contribution in [2.75, 3.05) is 13.7 Å². The number of hydrogen-bond acceptors (Lipinski definition) is 4. The normalized spacial score (nSPS) is 13.3. The van der Waals surface area contributed by atoms with Gasteiger partial charge >= 0.3 is 0 Å². The second-order valence-electron chi connectivity index (χ2n) is 4.64. The van der Waals surface area contributed by atoms with E-state index in [9.17, 15) is 8.42 Å². The SMILES string of the molecule is COCCC(C)Oc1cc(C)c(S(N)(=O)=O)cc1C. The van der Waals surface area contributed by atoms with Crippen molar-refractivity contribution in [3.05, 3.63) is 23.3 Å². The van der Waals surface area contributed by atoms with Gasteiger partial charge in [0.25, 0.3) is 0 Å². The van der Waals surface area contributed by atoms with Crippen LogP contribution in [0.15, 0.2) is 17.0 Å². The van der Waals surface area contributed by atoms with Gasteiger partial charge in [-0.2, -0.15) is 0 Å². The lowest BCUT2D eigenvalue weighted by Crippen LogP contribution is -2.17. The molecule has 0 amide bonds. The molecule has 1 aromatic rings. The Labute approximate surface area is 114 Å². The van der Waals surface area contributed by atoms with Gasteiger partial charge in [0.15, 0.2) is 0 Å². The first-order valence-electron chi connectivity index (χ1n) is 6.05. The molecule has 0 aliphatic rings. The molecule has 19 heavy (non-hydrogen) atoms. The molecular weight excluding hydrogens is 266 g/mol. The lowest BCUT2D eigenvalue weighted by Gasteiger charge is -2.17. The number of primary sulfonamides is 1. The highest BCUT2D eigenvalue weighted by Gasteiger charge is 2.15. The zero-order valence-electron chi connectivity index (χ0n) is 11.8. The minimum atomic E-state index is -3.69. The quantitative estimate of drug-likeness (QED) is 0.864.